The molecule has 0 fully saturated rings. The Bertz CT molecular complexity index is 596. The monoisotopic (exact) mass is 237 g/mol. The van der Waals surface area contributed by atoms with Crippen LogP contribution >= 0.6 is 12.2 Å². The van der Waals surface area contributed by atoms with Crippen LogP contribution in [-0.2, 0) is 0 Å². The number of hydrogen-bond acceptors (Lipinski definition) is 3. The van der Waals surface area contributed by atoms with Crippen molar-refractivity contribution in [1.82, 2.24) is 14.8 Å². The summed E-state index contributed by atoms with van der Waals surface area (Å²) in [4.78, 5) is 11.5. The van der Waals surface area contributed by atoms with Crippen molar-refractivity contribution in [3.63, 3.8) is 0 Å². The molecule has 0 amide bonds. The highest BCUT2D eigenvalue weighted by Crippen LogP contribution is 2.19. The van der Waals surface area contributed by atoms with Crippen LogP contribution in [0.15, 0.2) is 23.0 Å². The summed E-state index contributed by atoms with van der Waals surface area (Å²) in [7, 11) is 1.60. The third-order valence-corrected chi connectivity index (χ3v) is 2.61. The average molecular weight is 237 g/mol. The maximum absolute atomic E-state index is 11.5. The van der Waals surface area contributed by atoms with Gasteiger partial charge in [0, 0.05) is 0 Å². The molecule has 0 bridgehead atoms. The fourth-order valence-corrected chi connectivity index (χ4v) is 1.77. The van der Waals surface area contributed by atoms with Crippen molar-refractivity contribution in [3.05, 3.63) is 39.0 Å². The molecule has 5 nitrogen and oxygen atoms in total. The lowest BCUT2D eigenvalue weighted by molar-refractivity contribution is 0.414. The molecule has 0 aliphatic heterocycles. The van der Waals surface area contributed by atoms with Crippen molar-refractivity contribution in [2.24, 2.45) is 0 Å². The van der Waals surface area contributed by atoms with E-state index in [1.807, 2.05) is 13.0 Å². The van der Waals surface area contributed by atoms with Crippen LogP contribution in [-0.4, -0.2) is 21.9 Å². The third kappa shape index (κ3) is 1.67. The first-order valence-corrected chi connectivity index (χ1v) is 5.09. The number of rotatable bonds is 2. The van der Waals surface area contributed by atoms with Crippen LogP contribution in [0.3, 0.4) is 0 Å². The minimum absolute atomic E-state index is 0.279. The minimum atomic E-state index is -0.279. The van der Waals surface area contributed by atoms with Crippen LogP contribution in [0.4, 0.5) is 0 Å². The molecule has 2 N–H and O–H groups in total. The van der Waals surface area contributed by atoms with Gasteiger partial charge in [0.15, 0.2) is 0 Å². The van der Waals surface area contributed by atoms with Crippen LogP contribution in [0.2, 0.25) is 0 Å². The molecule has 0 aliphatic rings. The first-order valence-electron chi connectivity index (χ1n) is 4.68. The second-order valence-electron chi connectivity index (χ2n) is 3.35. The van der Waals surface area contributed by atoms with Gasteiger partial charge in [-0.15, -0.1) is 0 Å². The molecule has 1 aromatic heterocycles. The number of aromatic nitrogens is 3. The van der Waals surface area contributed by atoms with E-state index >= 15 is 0 Å². The number of aromatic amines is 2. The van der Waals surface area contributed by atoms with Gasteiger partial charge in [0.05, 0.1) is 12.8 Å². The van der Waals surface area contributed by atoms with Crippen molar-refractivity contribution < 1.29 is 4.74 Å². The first kappa shape index (κ1) is 10.7. The second kappa shape index (κ2) is 3.97. The first-order chi connectivity index (χ1) is 7.63. The number of benzene rings is 1. The number of nitrogens with zero attached hydrogens (tertiary/aromatic N) is 1. The summed E-state index contributed by atoms with van der Waals surface area (Å²) in [6, 6.07) is 5.44. The Morgan fingerprint density at radius 1 is 1.38 bits per heavy atom. The molecule has 2 rings (SSSR count). The molecular weight excluding hydrogens is 226 g/mol. The molecule has 0 atom stereocenters. The normalized spacial score (nSPS) is 10.4. The highest BCUT2D eigenvalue weighted by molar-refractivity contribution is 7.71. The second-order valence-corrected chi connectivity index (χ2v) is 3.73. The summed E-state index contributed by atoms with van der Waals surface area (Å²) < 4.78 is 6.85. The molecule has 16 heavy (non-hydrogen) atoms. The van der Waals surface area contributed by atoms with E-state index in [4.69, 9.17) is 17.0 Å². The molecule has 1 aromatic carbocycles. The maximum Gasteiger partial charge on any atom is 0.347 e. The number of aryl methyl sites for hydroxylation is 1. The van der Waals surface area contributed by atoms with E-state index in [1.54, 1.807) is 19.2 Å². The summed E-state index contributed by atoms with van der Waals surface area (Å²) in [5, 5.41) is 5.04. The Hall–Kier alpha value is -1.82. The lowest BCUT2D eigenvalue weighted by atomic mass is 10.2. The van der Waals surface area contributed by atoms with Crippen molar-refractivity contribution >= 4 is 12.2 Å². The van der Waals surface area contributed by atoms with Gasteiger partial charge in [0.2, 0.25) is 4.77 Å². The topological polar surface area (TPSA) is 62.8 Å². The van der Waals surface area contributed by atoms with Crippen LogP contribution in [0.5, 0.6) is 5.75 Å². The van der Waals surface area contributed by atoms with Gasteiger partial charge in [0.1, 0.15) is 5.75 Å². The predicted molar refractivity (Wildman–Crippen MR) is 62.9 cm³/mol. The fourth-order valence-electron chi connectivity index (χ4n) is 1.54. The molecule has 6 heteroatoms. The molecule has 0 unspecified atom stereocenters. The smallest absolute Gasteiger partial charge is 0.347 e. The van der Waals surface area contributed by atoms with E-state index in [1.165, 1.54) is 4.57 Å². The van der Waals surface area contributed by atoms with E-state index < -0.39 is 0 Å². The number of H-pyrrole nitrogens is 2. The van der Waals surface area contributed by atoms with E-state index in [0.29, 0.717) is 4.77 Å². The summed E-state index contributed by atoms with van der Waals surface area (Å²) in [5.41, 5.74) is 1.38. The third-order valence-electron chi connectivity index (χ3n) is 2.33. The average Bonchev–Trinajstić information content (AvgIpc) is 2.59. The van der Waals surface area contributed by atoms with Gasteiger partial charge in [-0.2, -0.15) is 0 Å². The van der Waals surface area contributed by atoms with Crippen LogP contribution in [0.25, 0.3) is 5.69 Å². The molecule has 0 radical (unpaired) electrons. The Morgan fingerprint density at radius 2 is 2.12 bits per heavy atom. The lowest BCUT2D eigenvalue weighted by Crippen LogP contribution is -2.15. The van der Waals surface area contributed by atoms with Crippen molar-refractivity contribution in [1.29, 1.82) is 0 Å². The summed E-state index contributed by atoms with van der Waals surface area (Å²) in [5.74, 6) is 0.750. The van der Waals surface area contributed by atoms with Gasteiger partial charge < -0.3 is 4.74 Å². The van der Waals surface area contributed by atoms with E-state index in [-0.39, 0.29) is 5.69 Å². The van der Waals surface area contributed by atoms with Gasteiger partial charge in [-0.05, 0) is 42.9 Å². The highest BCUT2D eigenvalue weighted by atomic mass is 32.1. The zero-order valence-electron chi connectivity index (χ0n) is 8.90. The summed E-state index contributed by atoms with van der Waals surface area (Å²) in [6.07, 6.45) is 0. The van der Waals surface area contributed by atoms with Gasteiger partial charge in [-0.3, -0.25) is 5.10 Å². The zero-order valence-corrected chi connectivity index (χ0v) is 9.72. The predicted octanol–water partition coefficient (Wildman–Crippen LogP) is 1.54. The summed E-state index contributed by atoms with van der Waals surface area (Å²) >= 11 is 5.02. The largest absolute Gasteiger partial charge is 0.497 e. The van der Waals surface area contributed by atoms with Gasteiger partial charge in [-0.1, -0.05) is 0 Å². The molecule has 0 aliphatic carbocycles. The standard InChI is InChI=1S/C10H11N3O2S/c1-6-5-7(15-2)3-4-8(6)13-9(14)11-12-10(13)16/h3-5H,1-2H3,(H,11,14)(H,12,16). The number of hydrogen-bond donors (Lipinski definition) is 2. The Labute approximate surface area is 96.7 Å². The van der Waals surface area contributed by atoms with Crippen molar-refractivity contribution in [2.45, 2.75) is 6.92 Å². The van der Waals surface area contributed by atoms with Crippen molar-refractivity contribution in [2.75, 3.05) is 7.11 Å². The molecule has 2 aromatic rings. The zero-order chi connectivity index (χ0) is 11.7. The fraction of sp³-hybridized carbons (Fsp3) is 0.200. The lowest BCUT2D eigenvalue weighted by Gasteiger charge is -2.07. The maximum atomic E-state index is 11.5. The van der Waals surface area contributed by atoms with Crippen LogP contribution in [0, 0.1) is 11.7 Å². The number of nitrogens with one attached hydrogen (secondary N) is 2. The molecular formula is C10H11N3O2S. The molecule has 0 spiro atoms. The van der Waals surface area contributed by atoms with Crippen LogP contribution in [0.1, 0.15) is 5.56 Å². The molecule has 0 saturated heterocycles. The minimum Gasteiger partial charge on any atom is -0.497 e. The highest BCUT2D eigenvalue weighted by Gasteiger charge is 2.07. The Kier molecular flexibility index (Phi) is 2.66. The molecule has 1 heterocycles. The number of ether oxygens (including phenoxy) is 1. The molecule has 84 valence electrons. The van der Waals surface area contributed by atoms with Crippen LogP contribution < -0.4 is 10.4 Å². The SMILES string of the molecule is COc1ccc(-n2c(=O)[nH][nH]c2=S)c(C)c1. The Morgan fingerprint density at radius 3 is 2.62 bits per heavy atom. The van der Waals surface area contributed by atoms with E-state index in [9.17, 15) is 4.79 Å². The Balaban J connectivity index is 2.66. The van der Waals surface area contributed by atoms with Gasteiger partial charge >= 0.3 is 5.69 Å². The summed E-state index contributed by atoms with van der Waals surface area (Å²) in [6.45, 7) is 1.89. The van der Waals surface area contributed by atoms with E-state index in [2.05, 4.69) is 10.2 Å². The van der Waals surface area contributed by atoms with Gasteiger partial charge in [-0.25, -0.2) is 14.5 Å². The quantitative estimate of drug-likeness (QED) is 0.779. The van der Waals surface area contributed by atoms with Gasteiger partial charge in [0.25, 0.3) is 0 Å². The van der Waals surface area contributed by atoms with Crippen molar-refractivity contribution in [3.8, 4) is 11.4 Å². The van der Waals surface area contributed by atoms with E-state index in [0.717, 1.165) is 17.0 Å². The number of methoxy groups -OCH3 is 1. The molecule has 0 saturated carbocycles.